The normalized spacial score (nSPS) is 11.3. The Labute approximate surface area is 157 Å². The van der Waals surface area contributed by atoms with E-state index in [1.807, 2.05) is 13.0 Å². The summed E-state index contributed by atoms with van der Waals surface area (Å²) < 4.78 is 16.3. The van der Waals surface area contributed by atoms with E-state index in [0.717, 1.165) is 5.56 Å². The Bertz CT molecular complexity index is 1290. The van der Waals surface area contributed by atoms with Gasteiger partial charge in [-0.25, -0.2) is 9.37 Å². The van der Waals surface area contributed by atoms with E-state index in [1.54, 1.807) is 23.9 Å². The Morgan fingerprint density at radius 2 is 2.00 bits per heavy atom. The Morgan fingerprint density at radius 3 is 2.74 bits per heavy atom. The molecule has 0 atom stereocenters. The number of nitrogens with zero attached hydrogens (tertiary/aromatic N) is 3. The van der Waals surface area contributed by atoms with E-state index in [1.165, 1.54) is 28.7 Å². The monoisotopic (exact) mass is 384 g/mol. The van der Waals surface area contributed by atoms with Crippen LogP contribution in [-0.2, 0) is 7.05 Å². The fraction of sp³-hybridized carbons (Fsp3) is 0.105. The van der Waals surface area contributed by atoms with Crippen molar-refractivity contribution in [2.75, 3.05) is 5.32 Å². The van der Waals surface area contributed by atoms with Crippen molar-refractivity contribution in [2.24, 2.45) is 7.05 Å². The van der Waals surface area contributed by atoms with Crippen LogP contribution in [0.2, 0.25) is 5.02 Å². The minimum Gasteiger partial charge on any atom is -0.324 e. The minimum atomic E-state index is -0.571. The maximum absolute atomic E-state index is 13.3. The molecule has 136 valence electrons. The third-order valence-electron chi connectivity index (χ3n) is 4.36. The number of benzene rings is 1. The van der Waals surface area contributed by atoms with Gasteiger partial charge in [0, 0.05) is 18.9 Å². The van der Waals surface area contributed by atoms with Crippen molar-refractivity contribution in [2.45, 2.75) is 6.92 Å². The van der Waals surface area contributed by atoms with Gasteiger partial charge in [-0.05, 0) is 42.8 Å². The molecule has 3 heterocycles. The average Bonchev–Trinajstić information content (AvgIpc) is 2.96. The van der Waals surface area contributed by atoms with Crippen LogP contribution in [0.4, 0.5) is 10.1 Å². The molecule has 4 rings (SSSR count). The SMILES string of the molecule is Cc1ccc2nc3c(cc(C(=O)Nc4ccc(F)c(Cl)c4)n3C)c(=O)n2c1. The van der Waals surface area contributed by atoms with Crippen molar-refractivity contribution in [3.63, 3.8) is 0 Å². The zero-order valence-corrected chi connectivity index (χ0v) is 15.2. The summed E-state index contributed by atoms with van der Waals surface area (Å²) in [4.78, 5) is 29.9. The molecular formula is C19H14ClFN4O2. The van der Waals surface area contributed by atoms with E-state index in [2.05, 4.69) is 10.3 Å². The van der Waals surface area contributed by atoms with E-state index < -0.39 is 11.7 Å². The molecule has 1 aromatic carbocycles. The second-order valence-corrected chi connectivity index (χ2v) is 6.67. The Hall–Kier alpha value is -3.19. The molecule has 27 heavy (non-hydrogen) atoms. The Kier molecular flexibility index (Phi) is 3.96. The number of anilines is 1. The summed E-state index contributed by atoms with van der Waals surface area (Å²) in [7, 11) is 1.66. The second-order valence-electron chi connectivity index (χ2n) is 6.26. The highest BCUT2D eigenvalue weighted by Gasteiger charge is 2.18. The van der Waals surface area contributed by atoms with Crippen LogP contribution >= 0.6 is 11.6 Å². The highest BCUT2D eigenvalue weighted by atomic mass is 35.5. The van der Waals surface area contributed by atoms with Crippen LogP contribution in [0.3, 0.4) is 0 Å². The first-order valence-corrected chi connectivity index (χ1v) is 8.48. The van der Waals surface area contributed by atoms with Gasteiger partial charge in [0.2, 0.25) is 0 Å². The van der Waals surface area contributed by atoms with Crippen LogP contribution in [0.15, 0.2) is 47.4 Å². The number of aryl methyl sites for hydroxylation is 2. The number of amides is 1. The summed E-state index contributed by atoms with van der Waals surface area (Å²) in [6.07, 6.45) is 1.71. The molecule has 0 aliphatic rings. The Morgan fingerprint density at radius 1 is 1.22 bits per heavy atom. The first kappa shape index (κ1) is 17.2. The largest absolute Gasteiger partial charge is 0.324 e. The lowest BCUT2D eigenvalue weighted by molar-refractivity contribution is 0.101. The van der Waals surface area contributed by atoms with E-state index in [4.69, 9.17) is 11.6 Å². The van der Waals surface area contributed by atoms with Crippen molar-refractivity contribution in [1.82, 2.24) is 14.0 Å². The third-order valence-corrected chi connectivity index (χ3v) is 4.65. The number of pyridine rings is 1. The summed E-state index contributed by atoms with van der Waals surface area (Å²) in [6.45, 7) is 1.88. The van der Waals surface area contributed by atoms with E-state index in [0.29, 0.717) is 22.4 Å². The second kappa shape index (κ2) is 6.21. The lowest BCUT2D eigenvalue weighted by atomic mass is 10.3. The highest BCUT2D eigenvalue weighted by molar-refractivity contribution is 6.31. The van der Waals surface area contributed by atoms with Gasteiger partial charge in [-0.2, -0.15) is 0 Å². The number of rotatable bonds is 2. The van der Waals surface area contributed by atoms with Crippen LogP contribution in [0, 0.1) is 12.7 Å². The number of nitrogens with one attached hydrogen (secondary N) is 1. The van der Waals surface area contributed by atoms with Gasteiger partial charge in [0.05, 0.1) is 10.4 Å². The van der Waals surface area contributed by atoms with Crippen molar-refractivity contribution < 1.29 is 9.18 Å². The molecule has 3 aromatic heterocycles. The maximum Gasteiger partial charge on any atom is 0.272 e. The number of carbonyl (C=O) groups excluding carboxylic acids is 1. The summed E-state index contributed by atoms with van der Waals surface area (Å²) in [5, 5.41) is 2.90. The number of carbonyl (C=O) groups is 1. The average molecular weight is 385 g/mol. The van der Waals surface area contributed by atoms with Gasteiger partial charge in [0.15, 0.2) is 0 Å². The smallest absolute Gasteiger partial charge is 0.272 e. The standard InChI is InChI=1S/C19H14ClFN4O2/c1-10-3-6-16-23-17-12(19(27)25(16)9-10)8-15(24(17)2)18(26)22-11-4-5-14(21)13(20)7-11/h3-9H,1-2H3,(H,22,26). The van der Waals surface area contributed by atoms with E-state index in [9.17, 15) is 14.0 Å². The lowest BCUT2D eigenvalue weighted by Gasteiger charge is -2.07. The van der Waals surface area contributed by atoms with Crippen molar-refractivity contribution in [3.8, 4) is 0 Å². The van der Waals surface area contributed by atoms with Crippen LogP contribution in [-0.4, -0.2) is 19.9 Å². The quantitative estimate of drug-likeness (QED) is 0.574. The number of aromatic nitrogens is 3. The number of hydrogen-bond acceptors (Lipinski definition) is 3. The van der Waals surface area contributed by atoms with Crippen LogP contribution in [0.1, 0.15) is 16.1 Å². The molecule has 1 amide bonds. The van der Waals surface area contributed by atoms with E-state index >= 15 is 0 Å². The van der Waals surface area contributed by atoms with Gasteiger partial charge in [0.1, 0.15) is 22.8 Å². The maximum atomic E-state index is 13.3. The van der Waals surface area contributed by atoms with Gasteiger partial charge in [-0.15, -0.1) is 0 Å². The highest BCUT2D eigenvalue weighted by Crippen LogP contribution is 2.21. The summed E-state index contributed by atoms with van der Waals surface area (Å²) >= 11 is 5.75. The molecule has 6 nitrogen and oxygen atoms in total. The van der Waals surface area contributed by atoms with Crippen molar-refractivity contribution >= 4 is 39.9 Å². The molecule has 0 radical (unpaired) electrons. The molecule has 0 unspecified atom stereocenters. The van der Waals surface area contributed by atoms with Crippen LogP contribution in [0.5, 0.6) is 0 Å². The molecular weight excluding hydrogens is 371 g/mol. The first-order chi connectivity index (χ1) is 12.8. The zero-order chi connectivity index (χ0) is 19.3. The predicted molar refractivity (Wildman–Crippen MR) is 102 cm³/mol. The van der Waals surface area contributed by atoms with Gasteiger partial charge in [0.25, 0.3) is 11.5 Å². The number of fused-ring (bicyclic) bond motifs is 2. The molecule has 8 heteroatoms. The van der Waals surface area contributed by atoms with E-state index in [-0.39, 0.29) is 16.3 Å². The minimum absolute atomic E-state index is 0.0913. The number of hydrogen-bond donors (Lipinski definition) is 1. The Balaban J connectivity index is 1.82. The summed E-state index contributed by atoms with van der Waals surface area (Å²) in [5.74, 6) is -1.03. The predicted octanol–water partition coefficient (Wildman–Crippen LogP) is 3.54. The molecule has 0 aliphatic heterocycles. The number of halogens is 2. The molecule has 0 bridgehead atoms. The van der Waals surface area contributed by atoms with Crippen LogP contribution in [0.25, 0.3) is 16.7 Å². The van der Waals surface area contributed by atoms with Gasteiger partial charge < -0.3 is 9.88 Å². The lowest BCUT2D eigenvalue weighted by Crippen LogP contribution is -2.16. The van der Waals surface area contributed by atoms with Crippen LogP contribution < -0.4 is 10.9 Å². The molecule has 4 aromatic rings. The zero-order valence-electron chi connectivity index (χ0n) is 14.5. The summed E-state index contributed by atoms with van der Waals surface area (Å²) in [6, 6.07) is 9.02. The van der Waals surface area contributed by atoms with Crippen molar-refractivity contribution in [3.05, 3.63) is 75.0 Å². The first-order valence-electron chi connectivity index (χ1n) is 8.10. The van der Waals surface area contributed by atoms with Gasteiger partial charge >= 0.3 is 0 Å². The van der Waals surface area contributed by atoms with Crippen molar-refractivity contribution in [1.29, 1.82) is 0 Å². The molecule has 0 saturated carbocycles. The fourth-order valence-electron chi connectivity index (χ4n) is 2.96. The molecule has 0 aliphatic carbocycles. The third kappa shape index (κ3) is 2.86. The molecule has 0 fully saturated rings. The van der Waals surface area contributed by atoms with Gasteiger partial charge in [-0.1, -0.05) is 17.7 Å². The molecule has 1 N–H and O–H groups in total. The molecule has 0 saturated heterocycles. The van der Waals surface area contributed by atoms with Gasteiger partial charge in [-0.3, -0.25) is 14.0 Å². The summed E-state index contributed by atoms with van der Waals surface area (Å²) in [5.41, 5.74) is 2.18. The topological polar surface area (TPSA) is 68.4 Å². The molecule has 0 spiro atoms. The fourth-order valence-corrected chi connectivity index (χ4v) is 3.14.